The molecule has 2 rings (SSSR count). The number of hydrogen-bond acceptors (Lipinski definition) is 4. The Labute approximate surface area is 111 Å². The van der Waals surface area contributed by atoms with Crippen molar-refractivity contribution in [1.29, 1.82) is 0 Å². The molecule has 4 N–H and O–H groups in total. The Morgan fingerprint density at radius 3 is 2.50 bits per heavy atom. The second kappa shape index (κ2) is 4.71. The molecule has 1 aromatic carbocycles. The highest BCUT2D eigenvalue weighted by molar-refractivity contribution is 7.92. The predicted octanol–water partition coefficient (Wildman–Crippen LogP) is 1.81. The number of H-pyrrole nitrogens is 1. The van der Waals surface area contributed by atoms with Gasteiger partial charge in [0.15, 0.2) is 5.03 Å². The molecule has 2 aromatic rings. The first-order chi connectivity index (χ1) is 9.20. The number of nitrogens with two attached hydrogens (primary N) is 1. The van der Waals surface area contributed by atoms with E-state index in [0.29, 0.717) is 6.07 Å². The molecule has 1 aromatic heterocycles. The van der Waals surface area contributed by atoms with Crippen molar-refractivity contribution < 1.29 is 21.6 Å². The normalized spacial score (nSPS) is 12.3. The van der Waals surface area contributed by atoms with Gasteiger partial charge in [0.2, 0.25) is 0 Å². The van der Waals surface area contributed by atoms with Crippen LogP contribution in [0.5, 0.6) is 0 Å². The van der Waals surface area contributed by atoms with Crippen LogP contribution in [0.15, 0.2) is 35.5 Å². The summed E-state index contributed by atoms with van der Waals surface area (Å²) in [6.07, 6.45) is -3.57. The SMILES string of the molecule is Nc1ccc(NS(=O)(=O)c2ccn[nH]2)c(C(F)(F)F)c1. The van der Waals surface area contributed by atoms with Crippen LogP contribution < -0.4 is 10.5 Å². The summed E-state index contributed by atoms with van der Waals surface area (Å²) in [5.41, 5.74) is 3.39. The van der Waals surface area contributed by atoms with Gasteiger partial charge in [0, 0.05) is 5.69 Å². The van der Waals surface area contributed by atoms with E-state index in [-0.39, 0.29) is 10.7 Å². The Kier molecular flexibility index (Phi) is 3.34. The highest BCUT2D eigenvalue weighted by Gasteiger charge is 2.35. The van der Waals surface area contributed by atoms with Gasteiger partial charge in [0.25, 0.3) is 10.0 Å². The van der Waals surface area contributed by atoms with Crippen LogP contribution in [-0.4, -0.2) is 18.6 Å². The highest BCUT2D eigenvalue weighted by Crippen LogP contribution is 2.36. The van der Waals surface area contributed by atoms with E-state index in [1.54, 1.807) is 0 Å². The summed E-state index contributed by atoms with van der Waals surface area (Å²) >= 11 is 0. The van der Waals surface area contributed by atoms with E-state index in [4.69, 9.17) is 5.73 Å². The van der Waals surface area contributed by atoms with Crippen molar-refractivity contribution in [3.8, 4) is 0 Å². The second-order valence-corrected chi connectivity index (χ2v) is 5.48. The van der Waals surface area contributed by atoms with Crippen molar-refractivity contribution in [3.05, 3.63) is 36.0 Å². The first-order valence-electron chi connectivity index (χ1n) is 5.19. The topological polar surface area (TPSA) is 101 Å². The molecule has 0 aliphatic rings. The van der Waals surface area contributed by atoms with Gasteiger partial charge in [0.1, 0.15) is 0 Å². The smallest absolute Gasteiger partial charge is 0.399 e. The van der Waals surface area contributed by atoms with Gasteiger partial charge in [-0.2, -0.15) is 26.7 Å². The van der Waals surface area contributed by atoms with Crippen molar-refractivity contribution in [2.24, 2.45) is 0 Å². The van der Waals surface area contributed by atoms with Crippen molar-refractivity contribution in [2.45, 2.75) is 11.2 Å². The van der Waals surface area contributed by atoms with Gasteiger partial charge in [-0.05, 0) is 24.3 Å². The third-order valence-corrected chi connectivity index (χ3v) is 3.65. The number of aromatic nitrogens is 2. The van der Waals surface area contributed by atoms with Crippen LogP contribution in [-0.2, 0) is 16.2 Å². The zero-order valence-corrected chi connectivity index (χ0v) is 10.6. The van der Waals surface area contributed by atoms with Crippen LogP contribution in [0.3, 0.4) is 0 Å². The molecule has 0 amide bonds. The predicted molar refractivity (Wildman–Crippen MR) is 65.3 cm³/mol. The fourth-order valence-corrected chi connectivity index (χ4v) is 2.47. The fraction of sp³-hybridized carbons (Fsp3) is 0.100. The number of rotatable bonds is 3. The summed E-state index contributed by atoms with van der Waals surface area (Å²) in [5.74, 6) is 0. The number of nitrogen functional groups attached to an aromatic ring is 1. The summed E-state index contributed by atoms with van der Waals surface area (Å²) in [7, 11) is -4.17. The molecule has 0 saturated heterocycles. The number of benzene rings is 1. The van der Waals surface area contributed by atoms with E-state index in [9.17, 15) is 21.6 Å². The van der Waals surface area contributed by atoms with E-state index in [2.05, 4.69) is 10.2 Å². The Hall–Kier alpha value is -2.23. The van der Waals surface area contributed by atoms with Gasteiger partial charge >= 0.3 is 6.18 Å². The van der Waals surface area contributed by atoms with Gasteiger partial charge in [-0.15, -0.1) is 0 Å². The summed E-state index contributed by atoms with van der Waals surface area (Å²) in [4.78, 5) is 0. The molecule has 108 valence electrons. The van der Waals surface area contributed by atoms with E-state index >= 15 is 0 Å². The molecule has 0 saturated carbocycles. The molecule has 0 aliphatic heterocycles. The van der Waals surface area contributed by atoms with Crippen LogP contribution in [0.25, 0.3) is 0 Å². The van der Waals surface area contributed by atoms with Crippen LogP contribution in [0.4, 0.5) is 24.5 Å². The van der Waals surface area contributed by atoms with Crippen molar-refractivity contribution in [2.75, 3.05) is 10.5 Å². The Balaban J connectivity index is 2.45. The van der Waals surface area contributed by atoms with Crippen LogP contribution >= 0.6 is 0 Å². The summed E-state index contributed by atoms with van der Waals surface area (Å²) < 4.78 is 64.0. The minimum absolute atomic E-state index is 0.123. The zero-order chi connectivity index (χ0) is 15.0. The van der Waals surface area contributed by atoms with E-state index in [0.717, 1.165) is 12.1 Å². The molecule has 0 atom stereocenters. The van der Waals surface area contributed by atoms with Crippen LogP contribution in [0.2, 0.25) is 0 Å². The molecule has 0 fully saturated rings. The average Bonchev–Trinajstić information content (AvgIpc) is 2.84. The quantitative estimate of drug-likeness (QED) is 0.753. The molecule has 0 bridgehead atoms. The first kappa shape index (κ1) is 14.2. The van der Waals surface area contributed by atoms with E-state index in [1.165, 1.54) is 12.3 Å². The molecule has 0 unspecified atom stereocenters. The van der Waals surface area contributed by atoms with Gasteiger partial charge in [-0.3, -0.25) is 9.82 Å². The molecule has 0 aliphatic carbocycles. The molecular formula is C10H9F3N4O2S. The lowest BCUT2D eigenvalue weighted by atomic mass is 10.1. The van der Waals surface area contributed by atoms with E-state index < -0.39 is 27.5 Å². The maximum Gasteiger partial charge on any atom is 0.418 e. The second-order valence-electron chi connectivity index (χ2n) is 3.83. The van der Waals surface area contributed by atoms with Gasteiger partial charge in [0.05, 0.1) is 17.4 Å². The number of hydrogen-bond donors (Lipinski definition) is 3. The van der Waals surface area contributed by atoms with Crippen molar-refractivity contribution in [3.63, 3.8) is 0 Å². The lowest BCUT2D eigenvalue weighted by molar-refractivity contribution is -0.136. The number of aromatic amines is 1. The number of nitrogens with zero attached hydrogens (tertiary/aromatic N) is 1. The molecule has 0 spiro atoms. The third kappa shape index (κ3) is 2.85. The molecule has 6 nitrogen and oxygen atoms in total. The number of halogens is 3. The zero-order valence-electron chi connectivity index (χ0n) is 9.77. The summed E-state index contributed by atoms with van der Waals surface area (Å²) in [5, 5.41) is 5.24. The molecule has 1 heterocycles. The number of sulfonamides is 1. The average molecular weight is 306 g/mol. The maximum absolute atomic E-state index is 12.8. The Morgan fingerprint density at radius 1 is 1.25 bits per heavy atom. The van der Waals surface area contributed by atoms with Crippen LogP contribution in [0.1, 0.15) is 5.56 Å². The lowest BCUT2D eigenvalue weighted by Gasteiger charge is -2.14. The number of anilines is 2. The minimum Gasteiger partial charge on any atom is -0.399 e. The number of alkyl halides is 3. The largest absolute Gasteiger partial charge is 0.418 e. The lowest BCUT2D eigenvalue weighted by Crippen LogP contribution is -2.17. The molecule has 0 radical (unpaired) electrons. The summed E-state index contributed by atoms with van der Waals surface area (Å²) in [6, 6.07) is 3.89. The summed E-state index contributed by atoms with van der Waals surface area (Å²) in [6.45, 7) is 0. The highest BCUT2D eigenvalue weighted by atomic mass is 32.2. The molecule has 10 heteroatoms. The Bertz CT molecular complexity index is 711. The standard InChI is InChI=1S/C10H9F3N4O2S/c11-10(12,13)7-5-6(14)1-2-8(7)17-20(18,19)9-3-4-15-16-9/h1-5,17H,14H2,(H,15,16). The van der Waals surface area contributed by atoms with Crippen LogP contribution in [0, 0.1) is 0 Å². The van der Waals surface area contributed by atoms with Gasteiger partial charge in [-0.25, -0.2) is 0 Å². The number of nitrogens with one attached hydrogen (secondary N) is 2. The minimum atomic E-state index is -4.73. The van der Waals surface area contributed by atoms with E-state index in [1.807, 2.05) is 4.72 Å². The monoisotopic (exact) mass is 306 g/mol. The molecular weight excluding hydrogens is 297 g/mol. The van der Waals surface area contributed by atoms with Gasteiger partial charge < -0.3 is 5.73 Å². The first-order valence-corrected chi connectivity index (χ1v) is 6.67. The maximum atomic E-state index is 12.8. The van der Waals surface area contributed by atoms with Crippen molar-refractivity contribution in [1.82, 2.24) is 10.2 Å². The fourth-order valence-electron chi connectivity index (χ4n) is 1.48. The van der Waals surface area contributed by atoms with Gasteiger partial charge in [-0.1, -0.05) is 0 Å². The van der Waals surface area contributed by atoms with Crippen molar-refractivity contribution >= 4 is 21.4 Å². The third-order valence-electron chi connectivity index (χ3n) is 2.36. The Morgan fingerprint density at radius 2 is 1.95 bits per heavy atom. The molecule has 20 heavy (non-hydrogen) atoms.